The molecule has 1 aliphatic heterocycles. The standard InChI is InChI=1S/C27H23Cl2N3O3.C2HF3O2/c28-19-8-4-7-18(13-19)26(33)32-12-11-21-22-14-20(29)9-10-23(22)30-25(21)24(32)16-31(27(34)35)15-17-5-2-1-3-6-17;3-2(4,5)1(6)7/h1-10,13-14,24,30H,11-12,15-16H2,(H,34,35);(H,6,7). The number of carboxylic acids is 1. The van der Waals surface area contributed by atoms with Crippen LogP contribution in [0.4, 0.5) is 18.0 Å². The molecule has 13 heteroatoms. The number of amides is 2. The summed E-state index contributed by atoms with van der Waals surface area (Å²) < 4.78 is 31.7. The predicted molar refractivity (Wildman–Crippen MR) is 151 cm³/mol. The number of fused-ring (bicyclic) bond motifs is 3. The summed E-state index contributed by atoms with van der Waals surface area (Å²) in [6, 6.07) is 21.4. The lowest BCUT2D eigenvalue weighted by molar-refractivity contribution is -0.192. The Hall–Kier alpha value is -4.22. The number of aromatic amines is 1. The fourth-order valence-corrected chi connectivity index (χ4v) is 5.14. The third-order valence-electron chi connectivity index (χ3n) is 6.67. The Morgan fingerprint density at radius 1 is 0.952 bits per heavy atom. The van der Waals surface area contributed by atoms with Crippen LogP contribution < -0.4 is 0 Å². The van der Waals surface area contributed by atoms with Gasteiger partial charge < -0.3 is 25.0 Å². The Morgan fingerprint density at radius 2 is 1.62 bits per heavy atom. The normalized spacial score (nSPS) is 14.5. The molecule has 3 aromatic carbocycles. The third kappa shape index (κ3) is 7.15. The average molecular weight is 622 g/mol. The molecule has 0 spiro atoms. The van der Waals surface area contributed by atoms with E-state index in [4.69, 9.17) is 33.1 Å². The van der Waals surface area contributed by atoms with Crippen LogP contribution in [0.3, 0.4) is 0 Å². The minimum Gasteiger partial charge on any atom is -0.475 e. The molecule has 2 heterocycles. The zero-order valence-electron chi connectivity index (χ0n) is 21.7. The fraction of sp³-hybridized carbons (Fsp3) is 0.207. The Balaban J connectivity index is 0.000000517. The maximum absolute atomic E-state index is 13.6. The van der Waals surface area contributed by atoms with Gasteiger partial charge in [-0.1, -0.05) is 59.6 Å². The van der Waals surface area contributed by atoms with Crippen molar-refractivity contribution in [2.75, 3.05) is 13.1 Å². The minimum absolute atomic E-state index is 0.115. The van der Waals surface area contributed by atoms with Crippen molar-refractivity contribution in [2.24, 2.45) is 0 Å². The number of aliphatic carboxylic acids is 1. The van der Waals surface area contributed by atoms with Crippen LogP contribution in [-0.2, 0) is 17.8 Å². The number of benzene rings is 3. The van der Waals surface area contributed by atoms with Crippen molar-refractivity contribution in [3.8, 4) is 0 Å². The van der Waals surface area contributed by atoms with Gasteiger partial charge in [0.15, 0.2) is 0 Å². The first-order valence-corrected chi connectivity index (χ1v) is 13.3. The summed E-state index contributed by atoms with van der Waals surface area (Å²) in [6.07, 6.45) is -5.50. The van der Waals surface area contributed by atoms with Crippen LogP contribution in [0.5, 0.6) is 0 Å². The van der Waals surface area contributed by atoms with Crippen molar-refractivity contribution in [1.29, 1.82) is 0 Å². The smallest absolute Gasteiger partial charge is 0.475 e. The molecule has 42 heavy (non-hydrogen) atoms. The fourth-order valence-electron chi connectivity index (χ4n) is 4.78. The lowest BCUT2D eigenvalue weighted by Gasteiger charge is -2.38. The van der Waals surface area contributed by atoms with E-state index in [-0.39, 0.29) is 19.0 Å². The van der Waals surface area contributed by atoms with Gasteiger partial charge in [-0.15, -0.1) is 0 Å². The number of nitrogens with zero attached hydrogens (tertiary/aromatic N) is 2. The molecule has 0 bridgehead atoms. The van der Waals surface area contributed by atoms with E-state index in [2.05, 4.69) is 4.98 Å². The monoisotopic (exact) mass is 621 g/mol. The molecule has 3 N–H and O–H groups in total. The Bertz CT molecular complexity index is 1610. The maximum atomic E-state index is 13.6. The molecular formula is C29H24Cl2F3N3O5. The SMILES string of the molecule is O=C(O)C(F)(F)F.O=C(O)N(Cc1ccccc1)CC1c2[nH]c3ccc(Cl)cc3c2CCN1C(=O)c1cccc(Cl)c1. The van der Waals surface area contributed by atoms with E-state index >= 15 is 0 Å². The summed E-state index contributed by atoms with van der Waals surface area (Å²) in [5, 5.41) is 19.3. The van der Waals surface area contributed by atoms with E-state index in [0.29, 0.717) is 28.6 Å². The Kier molecular flexibility index (Phi) is 9.33. The van der Waals surface area contributed by atoms with Crippen LogP contribution >= 0.6 is 23.2 Å². The van der Waals surface area contributed by atoms with E-state index in [0.717, 1.165) is 27.7 Å². The number of carbonyl (C=O) groups is 3. The first kappa shape index (κ1) is 30.7. The molecule has 2 amide bonds. The van der Waals surface area contributed by atoms with Crippen molar-refractivity contribution in [2.45, 2.75) is 25.2 Å². The molecule has 5 rings (SSSR count). The van der Waals surface area contributed by atoms with Gasteiger partial charge in [0.1, 0.15) is 0 Å². The number of rotatable bonds is 5. The molecule has 4 aromatic rings. The summed E-state index contributed by atoms with van der Waals surface area (Å²) in [4.78, 5) is 41.3. The number of alkyl halides is 3. The maximum Gasteiger partial charge on any atom is 0.490 e. The van der Waals surface area contributed by atoms with Crippen molar-refractivity contribution in [3.05, 3.63) is 105 Å². The quantitative estimate of drug-likeness (QED) is 0.221. The second-order valence-corrected chi connectivity index (χ2v) is 10.3. The summed E-state index contributed by atoms with van der Waals surface area (Å²) in [5.74, 6) is -2.95. The van der Waals surface area contributed by atoms with E-state index in [1.54, 1.807) is 29.2 Å². The number of nitrogens with one attached hydrogen (secondary N) is 1. The molecule has 0 aliphatic carbocycles. The van der Waals surface area contributed by atoms with Gasteiger partial charge in [0.2, 0.25) is 0 Å². The molecule has 1 aromatic heterocycles. The highest BCUT2D eigenvalue weighted by molar-refractivity contribution is 6.31. The summed E-state index contributed by atoms with van der Waals surface area (Å²) >= 11 is 12.4. The van der Waals surface area contributed by atoms with E-state index in [1.807, 2.05) is 48.5 Å². The van der Waals surface area contributed by atoms with Crippen LogP contribution in [0.15, 0.2) is 72.8 Å². The minimum atomic E-state index is -5.08. The molecular weight excluding hydrogens is 598 g/mol. The van der Waals surface area contributed by atoms with Gasteiger partial charge in [-0.2, -0.15) is 13.2 Å². The summed E-state index contributed by atoms with van der Waals surface area (Å²) in [6.45, 7) is 0.776. The zero-order valence-corrected chi connectivity index (χ0v) is 23.2. The van der Waals surface area contributed by atoms with Crippen LogP contribution in [0.25, 0.3) is 10.9 Å². The third-order valence-corrected chi connectivity index (χ3v) is 7.14. The second-order valence-electron chi connectivity index (χ2n) is 9.43. The molecule has 220 valence electrons. The molecule has 0 fully saturated rings. The molecule has 0 saturated carbocycles. The molecule has 1 unspecified atom stereocenters. The number of carbonyl (C=O) groups excluding carboxylic acids is 1. The predicted octanol–water partition coefficient (Wildman–Crippen LogP) is 7.03. The lowest BCUT2D eigenvalue weighted by Crippen LogP contribution is -2.46. The number of carboxylic acid groups (broad SMARTS) is 2. The van der Waals surface area contributed by atoms with E-state index in [1.165, 1.54) is 4.90 Å². The molecule has 1 atom stereocenters. The first-order chi connectivity index (χ1) is 19.8. The average Bonchev–Trinajstić information content (AvgIpc) is 3.31. The van der Waals surface area contributed by atoms with Gasteiger partial charge in [-0.3, -0.25) is 4.79 Å². The number of H-pyrrole nitrogens is 1. The van der Waals surface area contributed by atoms with Crippen molar-refractivity contribution < 1.29 is 37.8 Å². The highest BCUT2D eigenvalue weighted by Gasteiger charge is 2.38. The lowest BCUT2D eigenvalue weighted by atomic mass is 9.95. The van der Waals surface area contributed by atoms with Crippen molar-refractivity contribution >= 4 is 52.1 Å². The second kappa shape index (κ2) is 12.7. The van der Waals surface area contributed by atoms with E-state index in [9.17, 15) is 27.9 Å². The summed E-state index contributed by atoms with van der Waals surface area (Å²) in [7, 11) is 0. The van der Waals surface area contributed by atoms with Gasteiger partial charge >= 0.3 is 18.2 Å². The Morgan fingerprint density at radius 3 is 2.24 bits per heavy atom. The van der Waals surface area contributed by atoms with Gasteiger partial charge in [-0.05, 0) is 53.9 Å². The number of hydrogen-bond donors (Lipinski definition) is 3. The molecule has 0 saturated heterocycles. The van der Waals surface area contributed by atoms with Crippen LogP contribution in [0.1, 0.15) is 33.2 Å². The van der Waals surface area contributed by atoms with Crippen LogP contribution in [0.2, 0.25) is 10.0 Å². The highest BCUT2D eigenvalue weighted by atomic mass is 35.5. The molecule has 0 radical (unpaired) electrons. The number of aromatic nitrogens is 1. The zero-order chi connectivity index (χ0) is 30.6. The largest absolute Gasteiger partial charge is 0.490 e. The molecule has 8 nitrogen and oxygen atoms in total. The van der Waals surface area contributed by atoms with Crippen molar-refractivity contribution in [1.82, 2.24) is 14.8 Å². The van der Waals surface area contributed by atoms with Gasteiger partial charge in [0, 0.05) is 45.3 Å². The highest BCUT2D eigenvalue weighted by Crippen LogP contribution is 2.37. The number of halogens is 5. The topological polar surface area (TPSA) is 114 Å². The van der Waals surface area contributed by atoms with Gasteiger partial charge in [0.05, 0.1) is 12.6 Å². The van der Waals surface area contributed by atoms with E-state index < -0.39 is 24.3 Å². The van der Waals surface area contributed by atoms with Gasteiger partial charge in [0.25, 0.3) is 5.91 Å². The van der Waals surface area contributed by atoms with Crippen molar-refractivity contribution in [3.63, 3.8) is 0 Å². The molecule has 1 aliphatic rings. The Labute approximate surface area is 247 Å². The van der Waals surface area contributed by atoms with Gasteiger partial charge in [-0.25, -0.2) is 9.59 Å². The van der Waals surface area contributed by atoms with Crippen LogP contribution in [0, 0.1) is 0 Å². The number of hydrogen-bond acceptors (Lipinski definition) is 3. The van der Waals surface area contributed by atoms with Crippen LogP contribution in [-0.4, -0.2) is 62.2 Å². The summed E-state index contributed by atoms with van der Waals surface area (Å²) in [5.41, 5.74) is 4.15. The first-order valence-electron chi connectivity index (χ1n) is 12.5.